The molecular formula is C17H16ClFN2O3S. The van der Waals surface area contributed by atoms with Gasteiger partial charge in [0.05, 0.1) is 10.1 Å². The van der Waals surface area contributed by atoms with Crippen LogP contribution in [0.1, 0.15) is 6.42 Å². The number of nitrogens with zero attached hydrogens (tertiary/aromatic N) is 1. The minimum Gasteiger partial charge on any atom is -0.323 e. The van der Waals surface area contributed by atoms with Gasteiger partial charge in [0.15, 0.2) is 9.84 Å². The molecule has 8 heteroatoms. The molecule has 0 spiro atoms. The fourth-order valence-electron chi connectivity index (χ4n) is 2.72. The Hall–Kier alpha value is -2.12. The first kappa shape index (κ1) is 17.7. The topological polar surface area (TPSA) is 66.5 Å². The number of halogens is 2. The standard InChI is InChI=1S/C17H16ClFN2O3S/c18-12-1-7-15(8-2-12)25(23,24)16-9-10-21(11-16)17(22)20-14-5-3-13(19)4-6-14/h1-8,16H,9-11H2,(H,20,22). The number of anilines is 1. The molecule has 1 aliphatic heterocycles. The van der Waals surface area contributed by atoms with E-state index < -0.39 is 26.9 Å². The van der Waals surface area contributed by atoms with Crippen LogP contribution < -0.4 is 5.32 Å². The summed E-state index contributed by atoms with van der Waals surface area (Å²) in [6.07, 6.45) is 0.363. The van der Waals surface area contributed by atoms with Gasteiger partial charge in [-0.1, -0.05) is 11.6 Å². The zero-order valence-corrected chi connectivity index (χ0v) is 14.7. The van der Waals surface area contributed by atoms with Crippen molar-refractivity contribution in [3.8, 4) is 0 Å². The molecule has 1 N–H and O–H groups in total. The van der Waals surface area contributed by atoms with Gasteiger partial charge in [-0.2, -0.15) is 0 Å². The summed E-state index contributed by atoms with van der Waals surface area (Å²) in [6.45, 7) is 0.447. The Bertz CT molecular complexity index is 870. The van der Waals surface area contributed by atoms with Crippen LogP contribution >= 0.6 is 11.6 Å². The van der Waals surface area contributed by atoms with Crippen LogP contribution in [-0.4, -0.2) is 37.7 Å². The number of urea groups is 1. The summed E-state index contributed by atoms with van der Waals surface area (Å²) in [5.74, 6) is -0.395. The summed E-state index contributed by atoms with van der Waals surface area (Å²) >= 11 is 5.79. The quantitative estimate of drug-likeness (QED) is 0.882. The number of rotatable bonds is 3. The normalized spacial score (nSPS) is 17.5. The van der Waals surface area contributed by atoms with E-state index in [1.165, 1.54) is 53.4 Å². The Morgan fingerprint density at radius 1 is 1.12 bits per heavy atom. The molecule has 132 valence electrons. The number of likely N-dealkylation sites (tertiary alicyclic amines) is 1. The molecule has 1 aliphatic rings. The van der Waals surface area contributed by atoms with Gasteiger partial charge >= 0.3 is 6.03 Å². The third kappa shape index (κ3) is 3.93. The van der Waals surface area contributed by atoms with Crippen LogP contribution in [0.25, 0.3) is 0 Å². The molecule has 0 saturated carbocycles. The van der Waals surface area contributed by atoms with Crippen molar-refractivity contribution in [2.24, 2.45) is 0 Å². The van der Waals surface area contributed by atoms with Crippen molar-refractivity contribution in [1.82, 2.24) is 4.90 Å². The largest absolute Gasteiger partial charge is 0.323 e. The van der Waals surface area contributed by atoms with Gasteiger partial charge in [-0.05, 0) is 55.0 Å². The summed E-state index contributed by atoms with van der Waals surface area (Å²) in [4.78, 5) is 13.9. The Kier molecular flexibility index (Phi) is 4.96. The molecule has 2 amide bonds. The average Bonchev–Trinajstić information content (AvgIpc) is 3.08. The van der Waals surface area contributed by atoms with E-state index >= 15 is 0 Å². The first-order valence-electron chi connectivity index (χ1n) is 7.67. The van der Waals surface area contributed by atoms with E-state index in [1.54, 1.807) is 0 Å². The molecule has 2 aromatic carbocycles. The third-order valence-corrected chi connectivity index (χ3v) is 6.55. The highest BCUT2D eigenvalue weighted by molar-refractivity contribution is 7.92. The number of sulfone groups is 1. The van der Waals surface area contributed by atoms with E-state index in [-0.39, 0.29) is 11.4 Å². The minimum absolute atomic E-state index is 0.109. The SMILES string of the molecule is O=C(Nc1ccc(F)cc1)N1CCC(S(=O)(=O)c2ccc(Cl)cc2)C1. The van der Waals surface area contributed by atoms with Crippen LogP contribution in [0.3, 0.4) is 0 Å². The van der Waals surface area contributed by atoms with Gasteiger partial charge in [0.1, 0.15) is 5.82 Å². The number of nitrogens with one attached hydrogen (secondary N) is 1. The van der Waals surface area contributed by atoms with E-state index in [0.29, 0.717) is 23.7 Å². The smallest absolute Gasteiger partial charge is 0.321 e. The number of carbonyl (C=O) groups excluding carboxylic acids is 1. The lowest BCUT2D eigenvalue weighted by molar-refractivity contribution is 0.222. The number of carbonyl (C=O) groups is 1. The maximum atomic E-state index is 12.9. The summed E-state index contributed by atoms with van der Waals surface area (Å²) < 4.78 is 38.2. The predicted molar refractivity (Wildman–Crippen MR) is 94.0 cm³/mol. The highest BCUT2D eigenvalue weighted by Gasteiger charge is 2.36. The maximum Gasteiger partial charge on any atom is 0.321 e. The lowest BCUT2D eigenvalue weighted by Crippen LogP contribution is -2.35. The summed E-state index contributed by atoms with van der Waals surface area (Å²) in [5, 5.41) is 2.44. The van der Waals surface area contributed by atoms with Gasteiger partial charge in [0.25, 0.3) is 0 Å². The van der Waals surface area contributed by atoms with Gasteiger partial charge in [0, 0.05) is 23.8 Å². The number of benzene rings is 2. The number of hydrogen-bond donors (Lipinski definition) is 1. The lowest BCUT2D eigenvalue weighted by Gasteiger charge is -2.17. The monoisotopic (exact) mass is 382 g/mol. The highest BCUT2D eigenvalue weighted by Crippen LogP contribution is 2.25. The zero-order chi connectivity index (χ0) is 18.0. The van der Waals surface area contributed by atoms with Gasteiger partial charge in [-0.25, -0.2) is 17.6 Å². The summed E-state index contributed by atoms with van der Waals surface area (Å²) in [7, 11) is -3.53. The van der Waals surface area contributed by atoms with E-state index in [1.807, 2.05) is 0 Å². The molecule has 1 atom stereocenters. The van der Waals surface area contributed by atoms with Gasteiger partial charge < -0.3 is 10.2 Å². The molecule has 1 saturated heterocycles. The van der Waals surface area contributed by atoms with E-state index in [0.717, 1.165) is 0 Å². The van der Waals surface area contributed by atoms with Crippen molar-refractivity contribution in [2.75, 3.05) is 18.4 Å². The van der Waals surface area contributed by atoms with Gasteiger partial charge in [-0.3, -0.25) is 0 Å². The minimum atomic E-state index is -3.53. The second-order valence-electron chi connectivity index (χ2n) is 5.79. The maximum absolute atomic E-state index is 12.9. The van der Waals surface area contributed by atoms with E-state index in [2.05, 4.69) is 5.32 Å². The molecule has 1 fully saturated rings. The van der Waals surface area contributed by atoms with Crippen LogP contribution in [0.5, 0.6) is 0 Å². The predicted octanol–water partition coefficient (Wildman–Crippen LogP) is 3.56. The molecule has 3 rings (SSSR count). The fourth-order valence-corrected chi connectivity index (χ4v) is 4.54. The molecule has 25 heavy (non-hydrogen) atoms. The van der Waals surface area contributed by atoms with Crippen molar-refractivity contribution in [1.29, 1.82) is 0 Å². The summed E-state index contributed by atoms with van der Waals surface area (Å²) in [5.41, 5.74) is 0.454. The van der Waals surface area contributed by atoms with Crippen LogP contribution in [0, 0.1) is 5.82 Å². The highest BCUT2D eigenvalue weighted by atomic mass is 35.5. The van der Waals surface area contributed by atoms with Crippen molar-refractivity contribution >= 4 is 33.2 Å². The molecule has 0 aromatic heterocycles. The molecule has 1 heterocycles. The third-order valence-electron chi connectivity index (χ3n) is 4.11. The van der Waals surface area contributed by atoms with Crippen molar-refractivity contribution in [2.45, 2.75) is 16.6 Å². The van der Waals surface area contributed by atoms with Gasteiger partial charge in [0.2, 0.25) is 0 Å². The van der Waals surface area contributed by atoms with Crippen LogP contribution in [-0.2, 0) is 9.84 Å². The van der Waals surface area contributed by atoms with E-state index in [4.69, 9.17) is 11.6 Å². The van der Waals surface area contributed by atoms with Crippen LogP contribution in [0.15, 0.2) is 53.4 Å². The van der Waals surface area contributed by atoms with E-state index in [9.17, 15) is 17.6 Å². The molecule has 2 aromatic rings. The average molecular weight is 383 g/mol. The van der Waals surface area contributed by atoms with Crippen molar-refractivity contribution in [3.63, 3.8) is 0 Å². The summed E-state index contributed by atoms with van der Waals surface area (Å²) in [6, 6.07) is 11.0. The van der Waals surface area contributed by atoms with Crippen molar-refractivity contribution < 1.29 is 17.6 Å². The molecule has 5 nitrogen and oxygen atoms in total. The Labute approximate surface area is 150 Å². The zero-order valence-electron chi connectivity index (χ0n) is 13.2. The molecular weight excluding hydrogens is 367 g/mol. The molecule has 0 aliphatic carbocycles. The van der Waals surface area contributed by atoms with Gasteiger partial charge in [-0.15, -0.1) is 0 Å². The first-order valence-corrected chi connectivity index (χ1v) is 9.59. The lowest BCUT2D eigenvalue weighted by atomic mass is 10.3. The number of amides is 2. The Morgan fingerprint density at radius 3 is 2.40 bits per heavy atom. The van der Waals surface area contributed by atoms with Crippen molar-refractivity contribution in [3.05, 3.63) is 59.4 Å². The Morgan fingerprint density at radius 2 is 1.76 bits per heavy atom. The fraction of sp³-hybridized carbons (Fsp3) is 0.235. The second kappa shape index (κ2) is 7.01. The second-order valence-corrected chi connectivity index (χ2v) is 8.46. The first-order chi connectivity index (χ1) is 11.9. The number of hydrogen-bond acceptors (Lipinski definition) is 3. The van der Waals surface area contributed by atoms with Crippen LogP contribution in [0.4, 0.5) is 14.9 Å². The molecule has 1 unspecified atom stereocenters. The van der Waals surface area contributed by atoms with Crippen LogP contribution in [0.2, 0.25) is 5.02 Å². The molecule has 0 bridgehead atoms. The molecule has 0 radical (unpaired) electrons. The Balaban J connectivity index is 1.67.